The molecule has 0 aliphatic heterocycles. The second-order valence-corrected chi connectivity index (χ2v) is 5.55. The van der Waals surface area contributed by atoms with E-state index in [0.717, 1.165) is 10.7 Å². The van der Waals surface area contributed by atoms with Gasteiger partial charge >= 0.3 is 6.03 Å². The highest BCUT2D eigenvalue weighted by atomic mass is 32.1. The predicted molar refractivity (Wildman–Crippen MR) is 78.4 cm³/mol. The van der Waals surface area contributed by atoms with Crippen molar-refractivity contribution >= 4 is 17.4 Å². The van der Waals surface area contributed by atoms with Crippen LogP contribution in [0.1, 0.15) is 22.4 Å². The van der Waals surface area contributed by atoms with Gasteiger partial charge in [-0.05, 0) is 24.6 Å². The zero-order valence-electron chi connectivity index (χ0n) is 11.5. The van der Waals surface area contributed by atoms with Gasteiger partial charge in [-0.25, -0.2) is 14.2 Å². The van der Waals surface area contributed by atoms with Crippen LogP contribution < -0.4 is 10.6 Å². The van der Waals surface area contributed by atoms with Gasteiger partial charge in [0.05, 0.1) is 23.4 Å². The number of nitrogens with one attached hydrogen (secondary N) is 2. The van der Waals surface area contributed by atoms with Crippen LogP contribution >= 0.6 is 11.3 Å². The number of thiazole rings is 1. The molecule has 2 aromatic rings. The third kappa shape index (κ3) is 4.80. The third-order valence-corrected chi connectivity index (χ3v) is 3.63. The monoisotopic (exact) mass is 309 g/mol. The van der Waals surface area contributed by atoms with Crippen LogP contribution in [0, 0.1) is 12.7 Å². The average molecular weight is 309 g/mol. The summed E-state index contributed by atoms with van der Waals surface area (Å²) in [6.45, 7) is 2.28. The lowest BCUT2D eigenvalue weighted by Crippen LogP contribution is -2.37. The molecular weight excluding hydrogens is 293 g/mol. The predicted octanol–water partition coefficient (Wildman–Crippen LogP) is 2.12. The number of hydrogen-bond donors (Lipinski definition) is 3. The molecule has 2 rings (SSSR count). The van der Waals surface area contributed by atoms with Gasteiger partial charge in [0, 0.05) is 11.9 Å². The van der Waals surface area contributed by atoms with Gasteiger partial charge in [-0.2, -0.15) is 0 Å². The van der Waals surface area contributed by atoms with Crippen molar-refractivity contribution in [3.63, 3.8) is 0 Å². The summed E-state index contributed by atoms with van der Waals surface area (Å²) in [6, 6.07) is 5.11. The van der Waals surface area contributed by atoms with Crippen LogP contribution in [0.4, 0.5) is 9.18 Å². The molecule has 0 radical (unpaired) electrons. The molecular formula is C14H16FN3O2S. The number of benzene rings is 1. The Kier molecular flexibility index (Phi) is 5.24. The molecule has 0 aliphatic carbocycles. The maximum Gasteiger partial charge on any atom is 0.315 e. The number of rotatable bonds is 5. The first-order chi connectivity index (χ1) is 10.0. The van der Waals surface area contributed by atoms with Crippen LogP contribution in [0.3, 0.4) is 0 Å². The third-order valence-electron chi connectivity index (χ3n) is 2.81. The fourth-order valence-electron chi connectivity index (χ4n) is 1.71. The molecule has 2 amide bonds. The molecule has 0 bridgehead atoms. The molecule has 1 aromatic carbocycles. The Morgan fingerprint density at radius 2 is 2.10 bits per heavy atom. The molecule has 3 N–H and O–H groups in total. The Bertz CT molecular complexity index is 601. The van der Waals surface area contributed by atoms with Crippen molar-refractivity contribution in [2.75, 3.05) is 6.54 Å². The van der Waals surface area contributed by atoms with Gasteiger partial charge in [-0.1, -0.05) is 12.1 Å². The van der Waals surface area contributed by atoms with E-state index < -0.39 is 6.10 Å². The highest BCUT2D eigenvalue weighted by Crippen LogP contribution is 2.12. The minimum atomic E-state index is -0.877. The van der Waals surface area contributed by atoms with E-state index in [0.29, 0.717) is 12.1 Å². The van der Waals surface area contributed by atoms with E-state index >= 15 is 0 Å². The number of hydrogen-bond acceptors (Lipinski definition) is 4. The summed E-state index contributed by atoms with van der Waals surface area (Å²) in [5.74, 6) is -0.366. The molecule has 1 heterocycles. The first kappa shape index (κ1) is 15.4. The SMILES string of the molecule is Cc1nc(CNC(=O)NC[C@@H](O)c2ccc(F)cc2)cs1. The standard InChI is InChI=1S/C14H16FN3O2S/c1-9-18-12(8-21-9)6-16-14(20)17-7-13(19)10-2-4-11(15)5-3-10/h2-5,8,13,19H,6-7H2,1H3,(H2,16,17,20)/t13-/m1/s1. The van der Waals surface area contributed by atoms with Gasteiger partial charge in [-0.3, -0.25) is 0 Å². The van der Waals surface area contributed by atoms with E-state index in [9.17, 15) is 14.3 Å². The van der Waals surface area contributed by atoms with Gasteiger partial charge in [-0.15, -0.1) is 11.3 Å². The number of halogens is 1. The van der Waals surface area contributed by atoms with Gasteiger partial charge in [0.25, 0.3) is 0 Å². The van der Waals surface area contributed by atoms with E-state index in [4.69, 9.17) is 0 Å². The summed E-state index contributed by atoms with van der Waals surface area (Å²) in [5, 5.41) is 17.9. The number of aromatic nitrogens is 1. The summed E-state index contributed by atoms with van der Waals surface area (Å²) in [7, 11) is 0. The van der Waals surface area contributed by atoms with E-state index in [1.807, 2.05) is 12.3 Å². The smallest absolute Gasteiger partial charge is 0.315 e. The zero-order chi connectivity index (χ0) is 15.2. The summed E-state index contributed by atoms with van der Waals surface area (Å²) in [4.78, 5) is 15.8. The Balaban J connectivity index is 1.74. The van der Waals surface area contributed by atoms with Crippen LogP contribution in [0.25, 0.3) is 0 Å². The molecule has 0 unspecified atom stereocenters. The number of amides is 2. The molecule has 5 nitrogen and oxygen atoms in total. The summed E-state index contributed by atoms with van der Waals surface area (Å²) in [6.07, 6.45) is -0.877. The van der Waals surface area contributed by atoms with E-state index in [1.54, 1.807) is 0 Å². The summed E-state index contributed by atoms with van der Waals surface area (Å²) < 4.78 is 12.8. The molecule has 112 valence electrons. The minimum absolute atomic E-state index is 0.0492. The second-order valence-electron chi connectivity index (χ2n) is 4.49. The molecule has 1 atom stereocenters. The Morgan fingerprint density at radius 1 is 1.38 bits per heavy atom. The van der Waals surface area contributed by atoms with E-state index in [-0.39, 0.29) is 18.4 Å². The topological polar surface area (TPSA) is 74.2 Å². The Labute approximate surface area is 125 Å². The molecule has 0 saturated carbocycles. The Morgan fingerprint density at radius 3 is 2.71 bits per heavy atom. The lowest BCUT2D eigenvalue weighted by atomic mass is 10.1. The van der Waals surface area contributed by atoms with Crippen LogP contribution in [0.2, 0.25) is 0 Å². The fourth-order valence-corrected chi connectivity index (χ4v) is 2.33. The van der Waals surface area contributed by atoms with Crippen LogP contribution in [0.5, 0.6) is 0 Å². The van der Waals surface area contributed by atoms with Crippen LogP contribution in [0.15, 0.2) is 29.6 Å². The number of aliphatic hydroxyl groups is 1. The maximum absolute atomic E-state index is 12.8. The van der Waals surface area contributed by atoms with Gasteiger partial charge in [0.1, 0.15) is 5.82 Å². The first-order valence-corrected chi connectivity index (χ1v) is 7.29. The molecule has 0 saturated heterocycles. The molecule has 0 fully saturated rings. The quantitative estimate of drug-likeness (QED) is 0.792. The van der Waals surface area contributed by atoms with Gasteiger partial charge in [0.15, 0.2) is 0 Å². The highest BCUT2D eigenvalue weighted by molar-refractivity contribution is 7.09. The van der Waals surface area contributed by atoms with Crippen LogP contribution in [-0.2, 0) is 6.54 Å². The second kappa shape index (κ2) is 7.14. The molecule has 0 aliphatic rings. The number of aliphatic hydroxyl groups excluding tert-OH is 1. The van der Waals surface area contributed by atoms with Crippen molar-refractivity contribution in [2.45, 2.75) is 19.6 Å². The first-order valence-electron chi connectivity index (χ1n) is 6.41. The minimum Gasteiger partial charge on any atom is -0.387 e. The number of carbonyl (C=O) groups excluding carboxylic acids is 1. The van der Waals surface area contributed by atoms with Crippen molar-refractivity contribution in [1.29, 1.82) is 0 Å². The van der Waals surface area contributed by atoms with E-state index in [2.05, 4.69) is 15.6 Å². The van der Waals surface area contributed by atoms with Crippen LogP contribution in [-0.4, -0.2) is 22.7 Å². The lowest BCUT2D eigenvalue weighted by molar-refractivity contribution is 0.173. The molecule has 1 aromatic heterocycles. The van der Waals surface area contributed by atoms with Crippen molar-refractivity contribution in [2.24, 2.45) is 0 Å². The average Bonchev–Trinajstić information content (AvgIpc) is 2.89. The van der Waals surface area contributed by atoms with Crippen molar-refractivity contribution < 1.29 is 14.3 Å². The number of carbonyl (C=O) groups is 1. The molecule has 7 heteroatoms. The van der Waals surface area contributed by atoms with E-state index in [1.165, 1.54) is 35.6 Å². The van der Waals surface area contributed by atoms with Crippen molar-refractivity contribution in [3.05, 3.63) is 51.7 Å². The number of aryl methyl sites for hydroxylation is 1. The molecule has 21 heavy (non-hydrogen) atoms. The largest absolute Gasteiger partial charge is 0.387 e. The highest BCUT2D eigenvalue weighted by Gasteiger charge is 2.09. The Hall–Kier alpha value is -1.99. The summed E-state index contributed by atoms with van der Waals surface area (Å²) >= 11 is 1.52. The number of urea groups is 1. The molecule has 0 spiro atoms. The lowest BCUT2D eigenvalue weighted by Gasteiger charge is -2.12. The van der Waals surface area contributed by atoms with Crippen molar-refractivity contribution in [1.82, 2.24) is 15.6 Å². The van der Waals surface area contributed by atoms with Gasteiger partial charge < -0.3 is 15.7 Å². The van der Waals surface area contributed by atoms with Crippen molar-refractivity contribution in [3.8, 4) is 0 Å². The van der Waals surface area contributed by atoms with Gasteiger partial charge in [0.2, 0.25) is 0 Å². The fraction of sp³-hybridized carbons (Fsp3) is 0.286. The maximum atomic E-state index is 12.8. The zero-order valence-corrected chi connectivity index (χ0v) is 12.3. The summed E-state index contributed by atoms with van der Waals surface area (Å²) in [5.41, 5.74) is 1.35. The normalized spacial score (nSPS) is 12.0. The number of nitrogens with zero attached hydrogens (tertiary/aromatic N) is 1.